The fraction of sp³-hybridized carbons (Fsp3) is 0.533. The molecule has 1 rings (SSSR count). The van der Waals surface area contributed by atoms with E-state index in [2.05, 4.69) is 10.4 Å². The number of carboxylic acid groups (broad SMARTS) is 1. The number of hydrogen-bond acceptors (Lipinski definition) is 3. The molecule has 21 heavy (non-hydrogen) atoms. The fourth-order valence-corrected chi connectivity index (χ4v) is 2.22. The quantitative estimate of drug-likeness (QED) is 0.751. The van der Waals surface area contributed by atoms with Gasteiger partial charge in [0, 0.05) is 30.4 Å². The molecule has 0 aromatic carbocycles. The average Bonchev–Trinajstić information content (AvgIpc) is 2.60. The van der Waals surface area contributed by atoms with E-state index in [-0.39, 0.29) is 18.4 Å². The van der Waals surface area contributed by atoms with Crippen molar-refractivity contribution in [3.8, 4) is 0 Å². The van der Waals surface area contributed by atoms with Gasteiger partial charge in [-0.05, 0) is 26.3 Å². The molecule has 0 aliphatic heterocycles. The van der Waals surface area contributed by atoms with Crippen LogP contribution in [0.15, 0.2) is 6.08 Å². The highest BCUT2D eigenvalue weighted by atomic mass is 16.4. The average molecular weight is 293 g/mol. The van der Waals surface area contributed by atoms with E-state index in [0.29, 0.717) is 6.42 Å². The highest BCUT2D eigenvalue weighted by Crippen LogP contribution is 2.13. The lowest BCUT2D eigenvalue weighted by atomic mass is 10.1. The van der Waals surface area contributed by atoms with E-state index in [1.165, 1.54) is 6.08 Å². The number of carbonyl (C=O) groups excluding carboxylic acids is 1. The van der Waals surface area contributed by atoms with Gasteiger partial charge in [-0.1, -0.05) is 13.3 Å². The fourth-order valence-electron chi connectivity index (χ4n) is 2.22. The van der Waals surface area contributed by atoms with Crippen molar-refractivity contribution in [2.24, 2.45) is 7.05 Å². The van der Waals surface area contributed by atoms with Crippen LogP contribution >= 0.6 is 0 Å². The Hall–Kier alpha value is -2.11. The van der Waals surface area contributed by atoms with Crippen LogP contribution in [0.4, 0.5) is 0 Å². The zero-order valence-corrected chi connectivity index (χ0v) is 13.0. The van der Waals surface area contributed by atoms with Crippen molar-refractivity contribution in [3.05, 3.63) is 23.0 Å². The summed E-state index contributed by atoms with van der Waals surface area (Å²) in [5.41, 5.74) is 2.75. The first-order valence-corrected chi connectivity index (χ1v) is 7.05. The molecule has 6 nitrogen and oxygen atoms in total. The monoisotopic (exact) mass is 293 g/mol. The van der Waals surface area contributed by atoms with Gasteiger partial charge in [-0.25, -0.2) is 0 Å². The van der Waals surface area contributed by atoms with Crippen molar-refractivity contribution < 1.29 is 14.7 Å². The van der Waals surface area contributed by atoms with Crippen molar-refractivity contribution in [2.75, 3.05) is 0 Å². The van der Waals surface area contributed by atoms with E-state index in [1.54, 1.807) is 10.8 Å². The van der Waals surface area contributed by atoms with Gasteiger partial charge < -0.3 is 10.4 Å². The molecular weight excluding hydrogens is 270 g/mol. The van der Waals surface area contributed by atoms with Crippen LogP contribution < -0.4 is 5.32 Å². The smallest absolute Gasteiger partial charge is 0.305 e. The maximum Gasteiger partial charge on any atom is 0.305 e. The van der Waals surface area contributed by atoms with E-state index in [1.807, 2.05) is 27.8 Å². The van der Waals surface area contributed by atoms with E-state index in [9.17, 15) is 9.59 Å². The molecule has 2 N–H and O–H groups in total. The first kappa shape index (κ1) is 16.9. The Morgan fingerprint density at radius 3 is 2.57 bits per heavy atom. The summed E-state index contributed by atoms with van der Waals surface area (Å²) in [5, 5.41) is 15.8. The topological polar surface area (TPSA) is 84.2 Å². The van der Waals surface area contributed by atoms with Crippen LogP contribution in [-0.4, -0.2) is 32.8 Å². The third-order valence-electron chi connectivity index (χ3n) is 3.37. The summed E-state index contributed by atoms with van der Waals surface area (Å²) in [4.78, 5) is 22.7. The minimum atomic E-state index is -0.906. The first-order chi connectivity index (χ1) is 9.85. The van der Waals surface area contributed by atoms with Crippen LogP contribution in [-0.2, 0) is 16.6 Å². The first-order valence-electron chi connectivity index (χ1n) is 7.05. The lowest BCUT2D eigenvalue weighted by Gasteiger charge is -2.14. The number of amides is 1. The second-order valence-corrected chi connectivity index (χ2v) is 5.13. The van der Waals surface area contributed by atoms with Gasteiger partial charge in [0.05, 0.1) is 12.1 Å². The second-order valence-electron chi connectivity index (χ2n) is 5.13. The molecule has 0 fully saturated rings. The van der Waals surface area contributed by atoms with Gasteiger partial charge in [0.15, 0.2) is 0 Å². The van der Waals surface area contributed by atoms with Crippen molar-refractivity contribution in [1.82, 2.24) is 15.1 Å². The van der Waals surface area contributed by atoms with Crippen molar-refractivity contribution >= 4 is 18.0 Å². The molecule has 0 saturated heterocycles. The molecule has 1 aromatic heterocycles. The summed E-state index contributed by atoms with van der Waals surface area (Å²) in [6, 6.07) is -0.333. The minimum Gasteiger partial charge on any atom is -0.481 e. The zero-order chi connectivity index (χ0) is 16.0. The van der Waals surface area contributed by atoms with Crippen LogP contribution in [0.1, 0.15) is 43.1 Å². The number of carboxylic acids is 1. The maximum atomic E-state index is 11.9. The standard InChI is InChI=1S/C15H23N3O3/c1-5-6-12(9-15(20)21)16-14(19)8-7-13-10(2)17-18(4)11(13)3/h7-8,12H,5-6,9H2,1-4H3,(H,16,19)(H,20,21)/b8-7+. The van der Waals surface area contributed by atoms with Gasteiger partial charge >= 0.3 is 5.97 Å². The van der Waals surface area contributed by atoms with E-state index >= 15 is 0 Å². The molecule has 0 spiro atoms. The Labute approximate surface area is 124 Å². The second kappa shape index (κ2) is 7.61. The van der Waals surface area contributed by atoms with Crippen LogP contribution in [0.2, 0.25) is 0 Å². The minimum absolute atomic E-state index is 0.0572. The number of aryl methyl sites for hydroxylation is 2. The SMILES string of the molecule is CCCC(CC(=O)O)NC(=O)/C=C/c1c(C)nn(C)c1C. The van der Waals surface area contributed by atoms with Gasteiger partial charge in [0.25, 0.3) is 0 Å². The number of rotatable bonds is 7. The summed E-state index contributed by atoms with van der Waals surface area (Å²) in [6.45, 7) is 5.77. The number of nitrogens with zero attached hydrogens (tertiary/aromatic N) is 2. The van der Waals surface area contributed by atoms with Gasteiger partial charge in [-0.15, -0.1) is 0 Å². The molecule has 0 aliphatic carbocycles. The number of carbonyl (C=O) groups is 2. The van der Waals surface area contributed by atoms with E-state index in [0.717, 1.165) is 23.4 Å². The summed E-state index contributed by atoms with van der Waals surface area (Å²) >= 11 is 0. The molecule has 0 aliphatic rings. The summed E-state index contributed by atoms with van der Waals surface area (Å²) in [5.74, 6) is -1.19. The third kappa shape index (κ3) is 5.06. The van der Waals surface area contributed by atoms with Crippen molar-refractivity contribution in [2.45, 2.75) is 46.1 Å². The number of aliphatic carboxylic acids is 1. The molecule has 1 unspecified atom stereocenters. The molecule has 0 saturated carbocycles. The summed E-state index contributed by atoms with van der Waals surface area (Å²) < 4.78 is 1.76. The highest BCUT2D eigenvalue weighted by Gasteiger charge is 2.14. The molecular formula is C15H23N3O3. The van der Waals surface area contributed by atoms with Crippen LogP contribution in [0.5, 0.6) is 0 Å². The van der Waals surface area contributed by atoms with E-state index in [4.69, 9.17) is 5.11 Å². The highest BCUT2D eigenvalue weighted by molar-refractivity contribution is 5.92. The molecule has 116 valence electrons. The predicted octanol–water partition coefficient (Wildman–Crippen LogP) is 1.81. The lowest BCUT2D eigenvalue weighted by Crippen LogP contribution is -2.35. The maximum absolute atomic E-state index is 11.9. The van der Waals surface area contributed by atoms with Crippen LogP contribution in [0.3, 0.4) is 0 Å². The molecule has 1 heterocycles. The molecule has 1 aromatic rings. The Balaban J connectivity index is 2.71. The van der Waals surface area contributed by atoms with Gasteiger partial charge in [-0.3, -0.25) is 14.3 Å². The normalized spacial score (nSPS) is 12.6. The van der Waals surface area contributed by atoms with Crippen molar-refractivity contribution in [1.29, 1.82) is 0 Å². The number of aromatic nitrogens is 2. The Morgan fingerprint density at radius 2 is 2.10 bits per heavy atom. The lowest BCUT2D eigenvalue weighted by molar-refractivity contribution is -0.137. The summed E-state index contributed by atoms with van der Waals surface area (Å²) in [6.07, 6.45) is 4.57. The molecule has 1 atom stereocenters. The Bertz CT molecular complexity index is 547. The van der Waals surface area contributed by atoms with Gasteiger partial charge in [0.1, 0.15) is 0 Å². The molecule has 6 heteroatoms. The largest absolute Gasteiger partial charge is 0.481 e. The van der Waals surface area contributed by atoms with Crippen molar-refractivity contribution in [3.63, 3.8) is 0 Å². The van der Waals surface area contributed by atoms with Gasteiger partial charge in [-0.2, -0.15) is 5.10 Å². The molecule has 0 bridgehead atoms. The number of hydrogen-bond donors (Lipinski definition) is 2. The number of nitrogens with one attached hydrogen (secondary N) is 1. The summed E-state index contributed by atoms with van der Waals surface area (Å²) in [7, 11) is 1.85. The van der Waals surface area contributed by atoms with Gasteiger partial charge in [0.2, 0.25) is 5.91 Å². The zero-order valence-electron chi connectivity index (χ0n) is 13.0. The molecule has 1 amide bonds. The van der Waals surface area contributed by atoms with Crippen LogP contribution in [0, 0.1) is 13.8 Å². The Morgan fingerprint density at radius 1 is 1.43 bits per heavy atom. The van der Waals surface area contributed by atoms with Crippen LogP contribution in [0.25, 0.3) is 6.08 Å². The third-order valence-corrected chi connectivity index (χ3v) is 3.37. The van der Waals surface area contributed by atoms with E-state index < -0.39 is 5.97 Å². The Kier molecular flexibility index (Phi) is 6.14. The predicted molar refractivity (Wildman–Crippen MR) is 80.8 cm³/mol. The molecule has 0 radical (unpaired) electrons.